The van der Waals surface area contributed by atoms with Crippen LogP contribution in [0, 0.1) is 0 Å². The zero-order valence-electron chi connectivity index (χ0n) is 7.57. The minimum atomic E-state index is 0.604. The van der Waals surface area contributed by atoms with Crippen molar-refractivity contribution in [3.8, 4) is 11.3 Å². The molecule has 0 spiro atoms. The summed E-state index contributed by atoms with van der Waals surface area (Å²) in [6.07, 6.45) is 6.19. The van der Waals surface area contributed by atoms with Crippen LogP contribution in [0.1, 0.15) is 5.56 Å². The predicted molar refractivity (Wildman–Crippen MR) is 56.2 cm³/mol. The number of pyridine rings is 1. The molecule has 2 aromatic heterocycles. The van der Waals surface area contributed by atoms with Crippen LogP contribution in [0.15, 0.2) is 30.7 Å². The highest BCUT2D eigenvalue weighted by Gasteiger charge is 2.06. The number of nitrogens with zero attached hydrogens (tertiary/aromatic N) is 2. The standard InChI is InChI=1S/C10H10ClN3/c11-4-3-9-7-13-14-10(9)8-2-1-5-12-6-8/h1-2,5-7H,3-4H2,(H,13,14). The minimum absolute atomic E-state index is 0.604. The lowest BCUT2D eigenvalue weighted by molar-refractivity contribution is 1.09. The highest BCUT2D eigenvalue weighted by molar-refractivity contribution is 6.18. The summed E-state index contributed by atoms with van der Waals surface area (Å²) in [5, 5.41) is 6.96. The molecule has 0 bridgehead atoms. The van der Waals surface area contributed by atoms with Gasteiger partial charge in [-0.15, -0.1) is 11.6 Å². The largest absolute Gasteiger partial charge is 0.278 e. The third-order valence-electron chi connectivity index (χ3n) is 2.03. The summed E-state index contributed by atoms with van der Waals surface area (Å²) in [4.78, 5) is 4.06. The molecule has 0 saturated heterocycles. The SMILES string of the molecule is ClCCc1cn[nH]c1-c1cccnc1. The van der Waals surface area contributed by atoms with Crippen molar-refractivity contribution in [2.75, 3.05) is 5.88 Å². The van der Waals surface area contributed by atoms with Crippen LogP contribution in [0.4, 0.5) is 0 Å². The van der Waals surface area contributed by atoms with Gasteiger partial charge in [-0.3, -0.25) is 10.1 Å². The zero-order chi connectivity index (χ0) is 9.80. The molecule has 0 aromatic carbocycles. The summed E-state index contributed by atoms with van der Waals surface area (Å²) in [5.74, 6) is 0.604. The molecule has 2 heterocycles. The predicted octanol–water partition coefficient (Wildman–Crippen LogP) is 2.25. The van der Waals surface area contributed by atoms with Crippen molar-refractivity contribution in [2.24, 2.45) is 0 Å². The van der Waals surface area contributed by atoms with E-state index >= 15 is 0 Å². The van der Waals surface area contributed by atoms with Crippen LogP contribution in [0.5, 0.6) is 0 Å². The van der Waals surface area contributed by atoms with Crippen LogP contribution >= 0.6 is 11.6 Å². The number of aromatic nitrogens is 3. The second kappa shape index (κ2) is 4.24. The Morgan fingerprint density at radius 3 is 3.00 bits per heavy atom. The first kappa shape index (κ1) is 9.21. The number of hydrogen-bond acceptors (Lipinski definition) is 2. The Kier molecular flexibility index (Phi) is 2.79. The lowest BCUT2D eigenvalue weighted by Gasteiger charge is -1.99. The number of nitrogens with one attached hydrogen (secondary N) is 1. The van der Waals surface area contributed by atoms with E-state index in [0.29, 0.717) is 5.88 Å². The van der Waals surface area contributed by atoms with Crippen LogP contribution in [0.3, 0.4) is 0 Å². The maximum atomic E-state index is 5.70. The fourth-order valence-corrected chi connectivity index (χ4v) is 1.57. The lowest BCUT2D eigenvalue weighted by Crippen LogP contribution is -1.88. The average molecular weight is 208 g/mol. The van der Waals surface area contributed by atoms with Gasteiger partial charge in [-0.05, 0) is 24.1 Å². The van der Waals surface area contributed by atoms with E-state index in [2.05, 4.69) is 15.2 Å². The van der Waals surface area contributed by atoms with E-state index in [1.54, 1.807) is 6.20 Å². The molecule has 0 atom stereocenters. The van der Waals surface area contributed by atoms with Crippen molar-refractivity contribution in [3.05, 3.63) is 36.3 Å². The Morgan fingerprint density at radius 2 is 2.29 bits per heavy atom. The molecule has 0 unspecified atom stereocenters. The van der Waals surface area contributed by atoms with Crippen LogP contribution < -0.4 is 0 Å². The van der Waals surface area contributed by atoms with E-state index in [1.165, 1.54) is 0 Å². The lowest BCUT2D eigenvalue weighted by atomic mass is 10.1. The second-order valence-electron chi connectivity index (χ2n) is 2.95. The van der Waals surface area contributed by atoms with Crippen molar-refractivity contribution < 1.29 is 0 Å². The zero-order valence-corrected chi connectivity index (χ0v) is 8.33. The summed E-state index contributed by atoms with van der Waals surface area (Å²) in [5.41, 5.74) is 3.19. The van der Waals surface area contributed by atoms with Crippen molar-refractivity contribution in [2.45, 2.75) is 6.42 Å². The molecule has 4 heteroatoms. The molecule has 0 aliphatic carbocycles. The summed E-state index contributed by atoms with van der Waals surface area (Å²) in [6.45, 7) is 0. The van der Waals surface area contributed by atoms with Crippen molar-refractivity contribution >= 4 is 11.6 Å². The molecule has 0 saturated carbocycles. The van der Waals surface area contributed by atoms with Gasteiger partial charge < -0.3 is 0 Å². The fraction of sp³-hybridized carbons (Fsp3) is 0.200. The number of aryl methyl sites for hydroxylation is 1. The molecule has 0 aliphatic rings. The van der Waals surface area contributed by atoms with E-state index in [0.717, 1.165) is 23.2 Å². The van der Waals surface area contributed by atoms with E-state index in [1.807, 2.05) is 24.5 Å². The monoisotopic (exact) mass is 207 g/mol. The number of hydrogen-bond donors (Lipinski definition) is 1. The first-order chi connectivity index (χ1) is 6.92. The maximum absolute atomic E-state index is 5.70. The second-order valence-corrected chi connectivity index (χ2v) is 3.33. The van der Waals surface area contributed by atoms with Crippen molar-refractivity contribution in [1.82, 2.24) is 15.2 Å². The van der Waals surface area contributed by atoms with Gasteiger partial charge in [0.05, 0.1) is 11.9 Å². The maximum Gasteiger partial charge on any atom is 0.0698 e. The molecular weight excluding hydrogens is 198 g/mol. The smallest absolute Gasteiger partial charge is 0.0698 e. The van der Waals surface area contributed by atoms with Gasteiger partial charge in [0.1, 0.15) is 0 Å². The molecule has 0 radical (unpaired) electrons. The first-order valence-corrected chi connectivity index (χ1v) is 4.94. The van der Waals surface area contributed by atoms with Gasteiger partial charge in [0, 0.05) is 23.8 Å². The van der Waals surface area contributed by atoms with Gasteiger partial charge in [0.2, 0.25) is 0 Å². The third kappa shape index (κ3) is 1.77. The van der Waals surface area contributed by atoms with Gasteiger partial charge in [0.15, 0.2) is 0 Å². The fourth-order valence-electron chi connectivity index (χ4n) is 1.36. The highest BCUT2D eigenvalue weighted by atomic mass is 35.5. The molecule has 3 nitrogen and oxygen atoms in total. The van der Waals surface area contributed by atoms with Gasteiger partial charge >= 0.3 is 0 Å². The molecule has 2 aromatic rings. The van der Waals surface area contributed by atoms with E-state index < -0.39 is 0 Å². The molecular formula is C10H10ClN3. The van der Waals surface area contributed by atoms with Crippen LogP contribution in [-0.2, 0) is 6.42 Å². The molecule has 0 aliphatic heterocycles. The summed E-state index contributed by atoms with van der Waals surface area (Å²) in [6, 6.07) is 3.90. The minimum Gasteiger partial charge on any atom is -0.278 e. The first-order valence-electron chi connectivity index (χ1n) is 4.40. The molecule has 14 heavy (non-hydrogen) atoms. The van der Waals surface area contributed by atoms with Gasteiger partial charge in [-0.1, -0.05) is 0 Å². The van der Waals surface area contributed by atoms with Gasteiger partial charge in [0.25, 0.3) is 0 Å². The van der Waals surface area contributed by atoms with Gasteiger partial charge in [-0.2, -0.15) is 5.10 Å². The number of alkyl halides is 1. The van der Waals surface area contributed by atoms with Crippen LogP contribution in [0.2, 0.25) is 0 Å². The quantitative estimate of drug-likeness (QED) is 0.785. The Hall–Kier alpha value is -1.35. The van der Waals surface area contributed by atoms with E-state index in [-0.39, 0.29) is 0 Å². The number of H-pyrrole nitrogens is 1. The topological polar surface area (TPSA) is 41.6 Å². The Morgan fingerprint density at radius 1 is 1.36 bits per heavy atom. The number of aromatic amines is 1. The van der Waals surface area contributed by atoms with Crippen molar-refractivity contribution in [3.63, 3.8) is 0 Å². The highest BCUT2D eigenvalue weighted by Crippen LogP contribution is 2.20. The average Bonchev–Trinajstić information content (AvgIpc) is 2.68. The molecule has 0 fully saturated rings. The van der Waals surface area contributed by atoms with Crippen LogP contribution in [-0.4, -0.2) is 21.1 Å². The molecule has 72 valence electrons. The summed E-state index contributed by atoms with van der Waals surface area (Å²) < 4.78 is 0. The Bertz CT molecular complexity index is 397. The van der Waals surface area contributed by atoms with E-state index in [9.17, 15) is 0 Å². The summed E-state index contributed by atoms with van der Waals surface area (Å²) in [7, 11) is 0. The Balaban J connectivity index is 2.37. The van der Waals surface area contributed by atoms with Gasteiger partial charge in [-0.25, -0.2) is 0 Å². The third-order valence-corrected chi connectivity index (χ3v) is 2.22. The number of halogens is 1. The Labute approximate surface area is 87.1 Å². The number of rotatable bonds is 3. The van der Waals surface area contributed by atoms with Crippen molar-refractivity contribution in [1.29, 1.82) is 0 Å². The van der Waals surface area contributed by atoms with Crippen LogP contribution in [0.25, 0.3) is 11.3 Å². The molecule has 2 rings (SSSR count). The van der Waals surface area contributed by atoms with E-state index in [4.69, 9.17) is 11.6 Å². The summed E-state index contributed by atoms with van der Waals surface area (Å²) >= 11 is 5.70. The molecule has 1 N–H and O–H groups in total. The molecule has 0 amide bonds. The normalized spacial score (nSPS) is 10.4.